The predicted octanol–water partition coefficient (Wildman–Crippen LogP) is 3.62. The summed E-state index contributed by atoms with van der Waals surface area (Å²) in [6.07, 6.45) is 2.88. The highest BCUT2D eigenvalue weighted by atomic mass is 15.3. The van der Waals surface area contributed by atoms with Gasteiger partial charge < -0.3 is 15.1 Å². The summed E-state index contributed by atoms with van der Waals surface area (Å²) in [6.45, 7) is 1.03. The lowest BCUT2D eigenvalue weighted by Crippen LogP contribution is -2.19. The molecule has 0 fully saturated rings. The van der Waals surface area contributed by atoms with Gasteiger partial charge in [-0.1, -0.05) is 30.3 Å². The first-order chi connectivity index (χ1) is 14.2. The van der Waals surface area contributed by atoms with Crippen molar-refractivity contribution >= 4 is 34.2 Å². The Kier molecular flexibility index (Phi) is 4.08. The van der Waals surface area contributed by atoms with Crippen LogP contribution in [0.3, 0.4) is 0 Å². The molecule has 0 saturated carbocycles. The zero-order valence-corrected chi connectivity index (χ0v) is 16.8. The number of hydrogen-bond donors (Lipinski definition) is 1. The highest BCUT2D eigenvalue weighted by Crippen LogP contribution is 2.39. The third-order valence-electron chi connectivity index (χ3n) is 5.51. The maximum Gasteiger partial charge on any atom is 0.233 e. The van der Waals surface area contributed by atoms with Gasteiger partial charge in [0, 0.05) is 27.7 Å². The van der Waals surface area contributed by atoms with E-state index in [0.717, 1.165) is 41.2 Å². The third kappa shape index (κ3) is 2.77. The molecule has 0 spiro atoms. The van der Waals surface area contributed by atoms with Crippen molar-refractivity contribution in [2.45, 2.75) is 6.42 Å². The Morgan fingerprint density at radius 1 is 1.03 bits per heavy atom. The number of hydrogen-bond acceptors (Lipinski definition) is 6. The van der Waals surface area contributed by atoms with Crippen LogP contribution < -0.4 is 15.1 Å². The van der Waals surface area contributed by atoms with Crippen LogP contribution in [0.4, 0.5) is 23.1 Å². The van der Waals surface area contributed by atoms with Crippen molar-refractivity contribution in [2.75, 3.05) is 42.8 Å². The van der Waals surface area contributed by atoms with E-state index < -0.39 is 0 Å². The Bertz CT molecular complexity index is 1180. The Morgan fingerprint density at radius 2 is 1.86 bits per heavy atom. The molecule has 146 valence electrons. The van der Waals surface area contributed by atoms with E-state index in [4.69, 9.17) is 9.97 Å². The molecule has 1 aliphatic heterocycles. The van der Waals surface area contributed by atoms with E-state index in [1.807, 2.05) is 55.3 Å². The minimum atomic E-state index is 0.633. The summed E-state index contributed by atoms with van der Waals surface area (Å²) in [6, 6.07) is 16.5. The number of fused-ring (bicyclic) bond motifs is 2. The molecule has 0 saturated heterocycles. The molecule has 2 aromatic carbocycles. The van der Waals surface area contributed by atoms with E-state index in [1.54, 1.807) is 0 Å². The highest BCUT2D eigenvalue weighted by molar-refractivity contribution is 5.89. The molecule has 0 unspecified atom stereocenters. The molecule has 1 N–H and O–H groups in total. The molecule has 29 heavy (non-hydrogen) atoms. The summed E-state index contributed by atoms with van der Waals surface area (Å²) in [5.41, 5.74) is 5.47. The van der Waals surface area contributed by atoms with Crippen LogP contribution >= 0.6 is 0 Å². The quantitative estimate of drug-likeness (QED) is 0.579. The SMILES string of the molecule is CNc1nc(N(C)c2cccc3c2N(C)CC3)nc2c1cnn2-c1ccccc1. The van der Waals surface area contributed by atoms with Gasteiger partial charge in [0.2, 0.25) is 5.95 Å². The summed E-state index contributed by atoms with van der Waals surface area (Å²) in [5, 5.41) is 8.66. The zero-order chi connectivity index (χ0) is 20.0. The number of aromatic nitrogens is 4. The van der Waals surface area contributed by atoms with Gasteiger partial charge in [0.15, 0.2) is 5.65 Å². The van der Waals surface area contributed by atoms with Crippen molar-refractivity contribution in [3.63, 3.8) is 0 Å². The lowest BCUT2D eigenvalue weighted by Gasteiger charge is -2.24. The minimum absolute atomic E-state index is 0.633. The van der Waals surface area contributed by atoms with Crippen LogP contribution in [0.1, 0.15) is 5.56 Å². The Morgan fingerprint density at radius 3 is 2.66 bits per heavy atom. The number of anilines is 4. The maximum atomic E-state index is 4.90. The second-order valence-corrected chi connectivity index (χ2v) is 7.27. The Labute approximate surface area is 169 Å². The molecule has 5 rings (SSSR count). The van der Waals surface area contributed by atoms with E-state index in [0.29, 0.717) is 5.95 Å². The minimum Gasteiger partial charge on any atom is -0.372 e. The number of nitrogens with one attached hydrogen (secondary N) is 1. The molecule has 4 aromatic rings. The third-order valence-corrected chi connectivity index (χ3v) is 5.51. The van der Waals surface area contributed by atoms with Crippen molar-refractivity contribution in [2.24, 2.45) is 0 Å². The maximum absolute atomic E-state index is 4.90. The summed E-state index contributed by atoms with van der Waals surface area (Å²) in [7, 11) is 6.03. The molecular weight excluding hydrogens is 362 g/mol. The van der Waals surface area contributed by atoms with Crippen LogP contribution in [0.5, 0.6) is 0 Å². The first-order valence-corrected chi connectivity index (χ1v) is 9.73. The second kappa shape index (κ2) is 6.77. The first-order valence-electron chi connectivity index (χ1n) is 9.73. The number of likely N-dealkylation sites (N-methyl/N-ethyl adjacent to an activating group) is 1. The number of para-hydroxylation sites is 2. The fourth-order valence-electron chi connectivity index (χ4n) is 3.99. The predicted molar refractivity (Wildman–Crippen MR) is 118 cm³/mol. The summed E-state index contributed by atoms with van der Waals surface area (Å²) >= 11 is 0. The van der Waals surface area contributed by atoms with Gasteiger partial charge in [-0.15, -0.1) is 0 Å². The topological polar surface area (TPSA) is 62.1 Å². The average molecular weight is 385 g/mol. The van der Waals surface area contributed by atoms with Crippen LogP contribution in [0.15, 0.2) is 54.7 Å². The fourth-order valence-corrected chi connectivity index (χ4v) is 3.99. The van der Waals surface area contributed by atoms with Gasteiger partial charge in [-0.25, -0.2) is 4.68 Å². The van der Waals surface area contributed by atoms with E-state index in [1.165, 1.54) is 11.3 Å². The summed E-state index contributed by atoms with van der Waals surface area (Å²) in [4.78, 5) is 14.0. The summed E-state index contributed by atoms with van der Waals surface area (Å²) in [5.74, 6) is 1.40. The van der Waals surface area contributed by atoms with Crippen molar-refractivity contribution in [1.82, 2.24) is 19.7 Å². The van der Waals surface area contributed by atoms with E-state index in [9.17, 15) is 0 Å². The Balaban J connectivity index is 1.67. The normalized spacial score (nSPS) is 13.0. The lowest BCUT2D eigenvalue weighted by atomic mass is 10.1. The average Bonchev–Trinajstić information content (AvgIpc) is 3.37. The van der Waals surface area contributed by atoms with Crippen LogP contribution in [0, 0.1) is 0 Å². The van der Waals surface area contributed by atoms with Gasteiger partial charge in [0.25, 0.3) is 0 Å². The molecule has 0 aliphatic carbocycles. The van der Waals surface area contributed by atoms with Crippen molar-refractivity contribution < 1.29 is 0 Å². The van der Waals surface area contributed by atoms with Crippen molar-refractivity contribution in [1.29, 1.82) is 0 Å². The molecule has 7 nitrogen and oxygen atoms in total. The second-order valence-electron chi connectivity index (χ2n) is 7.27. The van der Waals surface area contributed by atoms with Crippen LogP contribution in [0.25, 0.3) is 16.7 Å². The Hall–Kier alpha value is -3.61. The van der Waals surface area contributed by atoms with Gasteiger partial charge in [-0.2, -0.15) is 15.1 Å². The van der Waals surface area contributed by atoms with Crippen molar-refractivity contribution in [3.8, 4) is 5.69 Å². The number of rotatable bonds is 4. The van der Waals surface area contributed by atoms with E-state index in [-0.39, 0.29) is 0 Å². The molecule has 2 aromatic heterocycles. The first kappa shape index (κ1) is 17.5. The fraction of sp³-hybridized carbons (Fsp3) is 0.227. The molecule has 0 radical (unpaired) electrons. The number of benzene rings is 2. The van der Waals surface area contributed by atoms with Gasteiger partial charge in [0.05, 0.1) is 28.6 Å². The molecule has 1 aliphatic rings. The zero-order valence-electron chi connectivity index (χ0n) is 16.8. The molecule has 0 atom stereocenters. The van der Waals surface area contributed by atoms with Crippen LogP contribution in [0.2, 0.25) is 0 Å². The van der Waals surface area contributed by atoms with Gasteiger partial charge in [-0.3, -0.25) is 0 Å². The van der Waals surface area contributed by atoms with E-state index in [2.05, 4.69) is 45.5 Å². The molecule has 0 bridgehead atoms. The highest BCUT2D eigenvalue weighted by Gasteiger charge is 2.23. The molecular formula is C22H23N7. The molecule has 0 amide bonds. The standard InChI is InChI=1S/C22H23N7/c1-23-20-17-14-24-29(16-9-5-4-6-10-16)21(17)26-22(25-20)28(3)18-11-7-8-15-12-13-27(2)19(15)18/h4-11,14H,12-13H2,1-3H3,(H,23,25,26). The van der Waals surface area contributed by atoms with Gasteiger partial charge >= 0.3 is 0 Å². The monoisotopic (exact) mass is 385 g/mol. The van der Waals surface area contributed by atoms with Gasteiger partial charge in [0.1, 0.15) is 5.82 Å². The smallest absolute Gasteiger partial charge is 0.233 e. The largest absolute Gasteiger partial charge is 0.372 e. The summed E-state index contributed by atoms with van der Waals surface area (Å²) < 4.78 is 1.86. The molecule has 7 heteroatoms. The lowest BCUT2D eigenvalue weighted by molar-refractivity contribution is 0.892. The van der Waals surface area contributed by atoms with Crippen molar-refractivity contribution in [3.05, 3.63) is 60.3 Å². The van der Waals surface area contributed by atoms with Gasteiger partial charge in [-0.05, 0) is 30.2 Å². The van der Waals surface area contributed by atoms with Crippen LogP contribution in [-0.4, -0.2) is 47.4 Å². The van der Waals surface area contributed by atoms with Crippen LogP contribution in [-0.2, 0) is 6.42 Å². The molecule has 3 heterocycles. The number of nitrogens with zero attached hydrogens (tertiary/aromatic N) is 6. The van der Waals surface area contributed by atoms with E-state index >= 15 is 0 Å².